The Morgan fingerprint density at radius 2 is 1.21 bits per heavy atom. The number of carbonyl (C=O) groups excluding carboxylic acids is 3. The summed E-state index contributed by atoms with van der Waals surface area (Å²) < 4.78 is 15.8. The summed E-state index contributed by atoms with van der Waals surface area (Å²) in [5.41, 5.74) is 1.64. The molecule has 6 nitrogen and oxygen atoms in total. The van der Waals surface area contributed by atoms with Crippen LogP contribution in [0, 0.1) is 11.8 Å². The number of ether oxygens (including phenoxy) is 3. The lowest BCUT2D eigenvalue weighted by atomic mass is 9.75. The highest BCUT2D eigenvalue weighted by Crippen LogP contribution is 2.37. The van der Waals surface area contributed by atoms with Crippen LogP contribution in [0.5, 0.6) is 0 Å². The topological polar surface area (TPSA) is 78.9 Å². The molecule has 0 aliphatic carbocycles. The summed E-state index contributed by atoms with van der Waals surface area (Å²) in [6, 6.07) is 18.7. The molecule has 6 heteroatoms. The van der Waals surface area contributed by atoms with Crippen LogP contribution in [0.25, 0.3) is 6.08 Å². The van der Waals surface area contributed by atoms with Gasteiger partial charge in [0.05, 0.1) is 25.7 Å². The summed E-state index contributed by atoms with van der Waals surface area (Å²) in [7, 11) is 0. The van der Waals surface area contributed by atoms with Crippen LogP contribution in [0.1, 0.15) is 44.2 Å². The van der Waals surface area contributed by atoms with E-state index in [1.54, 1.807) is 45.0 Å². The lowest BCUT2D eigenvalue weighted by molar-refractivity contribution is -0.165. The minimum absolute atomic E-state index is 0.105. The highest BCUT2D eigenvalue weighted by atomic mass is 16.6. The number of esters is 3. The molecule has 0 saturated carbocycles. The first-order valence-corrected chi connectivity index (χ1v) is 11.3. The molecule has 2 aromatic carbocycles. The third-order valence-electron chi connectivity index (χ3n) is 5.15. The molecule has 2 atom stereocenters. The Balaban J connectivity index is 2.53. The van der Waals surface area contributed by atoms with Crippen LogP contribution in [0.15, 0.2) is 66.7 Å². The first kappa shape index (κ1) is 25.8. The molecule has 0 bridgehead atoms. The zero-order valence-electron chi connectivity index (χ0n) is 19.4. The highest BCUT2D eigenvalue weighted by molar-refractivity contribution is 5.97. The summed E-state index contributed by atoms with van der Waals surface area (Å²) >= 11 is 0. The largest absolute Gasteiger partial charge is 0.466 e. The maximum Gasteiger partial charge on any atom is 0.320 e. The third kappa shape index (κ3) is 7.59. The summed E-state index contributed by atoms with van der Waals surface area (Å²) in [6.45, 7) is 5.46. The van der Waals surface area contributed by atoms with Gasteiger partial charge in [-0.15, -0.1) is 0 Å². The fourth-order valence-electron chi connectivity index (χ4n) is 3.74. The van der Waals surface area contributed by atoms with E-state index >= 15 is 0 Å². The molecule has 33 heavy (non-hydrogen) atoms. The molecule has 176 valence electrons. The van der Waals surface area contributed by atoms with E-state index in [2.05, 4.69) is 0 Å². The van der Waals surface area contributed by atoms with Gasteiger partial charge in [-0.25, -0.2) is 0 Å². The minimum atomic E-state index is -1.30. The summed E-state index contributed by atoms with van der Waals surface area (Å²) in [5.74, 6) is -4.83. The Morgan fingerprint density at radius 3 is 1.73 bits per heavy atom. The molecule has 0 aliphatic heterocycles. The Labute approximate surface area is 195 Å². The molecule has 0 unspecified atom stereocenters. The second-order valence-electron chi connectivity index (χ2n) is 7.33. The maximum absolute atomic E-state index is 13.1. The fraction of sp³-hybridized carbons (Fsp3) is 0.370. The van der Waals surface area contributed by atoms with Crippen LogP contribution in [-0.2, 0) is 28.6 Å². The molecule has 0 heterocycles. The van der Waals surface area contributed by atoms with E-state index in [-0.39, 0.29) is 26.2 Å². The van der Waals surface area contributed by atoms with Crippen LogP contribution >= 0.6 is 0 Å². The van der Waals surface area contributed by atoms with Crippen molar-refractivity contribution in [1.29, 1.82) is 0 Å². The number of rotatable bonds is 12. The Kier molecular flexibility index (Phi) is 10.9. The quantitative estimate of drug-likeness (QED) is 0.262. The lowest BCUT2D eigenvalue weighted by Crippen LogP contribution is -2.39. The number of hydrogen-bond donors (Lipinski definition) is 0. The third-order valence-corrected chi connectivity index (χ3v) is 5.15. The van der Waals surface area contributed by atoms with Gasteiger partial charge < -0.3 is 14.2 Å². The van der Waals surface area contributed by atoms with E-state index in [4.69, 9.17) is 14.2 Å². The van der Waals surface area contributed by atoms with Crippen molar-refractivity contribution in [2.24, 2.45) is 11.8 Å². The summed E-state index contributed by atoms with van der Waals surface area (Å²) in [4.78, 5) is 39.0. The van der Waals surface area contributed by atoms with Crippen molar-refractivity contribution in [3.05, 3.63) is 77.9 Å². The van der Waals surface area contributed by atoms with Crippen LogP contribution in [0.3, 0.4) is 0 Å². The van der Waals surface area contributed by atoms with Crippen molar-refractivity contribution >= 4 is 24.0 Å². The number of benzene rings is 2. The fourth-order valence-corrected chi connectivity index (χ4v) is 3.74. The first-order valence-electron chi connectivity index (χ1n) is 11.3. The van der Waals surface area contributed by atoms with E-state index < -0.39 is 35.7 Å². The van der Waals surface area contributed by atoms with Gasteiger partial charge in [0.2, 0.25) is 0 Å². The van der Waals surface area contributed by atoms with Crippen molar-refractivity contribution in [2.45, 2.75) is 33.1 Å². The molecule has 0 radical (unpaired) electrons. The van der Waals surface area contributed by atoms with Gasteiger partial charge in [-0.2, -0.15) is 0 Å². The smallest absolute Gasteiger partial charge is 0.320 e. The molecule has 0 saturated heterocycles. The molecule has 0 amide bonds. The lowest BCUT2D eigenvalue weighted by Gasteiger charge is -2.30. The van der Waals surface area contributed by atoms with Gasteiger partial charge in [0.15, 0.2) is 5.92 Å². The van der Waals surface area contributed by atoms with Crippen molar-refractivity contribution < 1.29 is 28.6 Å². The van der Waals surface area contributed by atoms with Gasteiger partial charge in [-0.1, -0.05) is 72.8 Å². The Bertz CT molecular complexity index is 889. The van der Waals surface area contributed by atoms with Gasteiger partial charge in [-0.3, -0.25) is 14.4 Å². The number of hydrogen-bond acceptors (Lipinski definition) is 6. The summed E-state index contributed by atoms with van der Waals surface area (Å²) in [5, 5.41) is 0. The second-order valence-corrected chi connectivity index (χ2v) is 7.33. The Hall–Kier alpha value is -3.41. The zero-order chi connectivity index (χ0) is 24.1. The second kappa shape index (κ2) is 13.9. The number of carbonyl (C=O) groups is 3. The Morgan fingerprint density at radius 1 is 0.727 bits per heavy atom. The SMILES string of the molecule is CCOC(=O)C(C(=O)OCC)[C@H](c1ccccc1)[C@H](C/C=C/c1ccccc1)C(=O)OCC. The van der Waals surface area contributed by atoms with Crippen LogP contribution in [-0.4, -0.2) is 37.7 Å². The first-order chi connectivity index (χ1) is 16.0. The van der Waals surface area contributed by atoms with E-state index in [1.165, 1.54) is 0 Å². The van der Waals surface area contributed by atoms with Gasteiger partial charge in [0.1, 0.15) is 0 Å². The van der Waals surface area contributed by atoms with E-state index in [0.717, 1.165) is 5.56 Å². The monoisotopic (exact) mass is 452 g/mol. The van der Waals surface area contributed by atoms with Crippen molar-refractivity contribution in [1.82, 2.24) is 0 Å². The molecule has 2 aromatic rings. The minimum Gasteiger partial charge on any atom is -0.466 e. The molecule has 0 aromatic heterocycles. The standard InChI is InChI=1S/C27H32O6/c1-4-31-25(28)22(19-13-16-20-14-9-7-10-15-20)23(21-17-11-8-12-18-21)24(26(29)32-5-2)27(30)33-6-3/h7-18,22-24H,4-6,19H2,1-3H3/b16-13+/t22-,23+/m0/s1. The van der Waals surface area contributed by atoms with E-state index in [9.17, 15) is 14.4 Å². The van der Waals surface area contributed by atoms with Crippen molar-refractivity contribution in [3.63, 3.8) is 0 Å². The molecule has 2 rings (SSSR count). The van der Waals surface area contributed by atoms with Crippen LogP contribution in [0.4, 0.5) is 0 Å². The molecule has 0 N–H and O–H groups in total. The van der Waals surface area contributed by atoms with Crippen molar-refractivity contribution in [2.75, 3.05) is 19.8 Å². The zero-order valence-corrected chi connectivity index (χ0v) is 19.4. The van der Waals surface area contributed by atoms with Crippen LogP contribution in [0.2, 0.25) is 0 Å². The predicted molar refractivity (Wildman–Crippen MR) is 126 cm³/mol. The summed E-state index contributed by atoms with van der Waals surface area (Å²) in [6.07, 6.45) is 4.03. The van der Waals surface area contributed by atoms with Gasteiger partial charge in [-0.05, 0) is 38.3 Å². The van der Waals surface area contributed by atoms with Gasteiger partial charge in [0.25, 0.3) is 0 Å². The normalized spacial score (nSPS) is 12.8. The molecule has 0 fully saturated rings. The predicted octanol–water partition coefficient (Wildman–Crippen LogP) is 4.80. The van der Waals surface area contributed by atoms with Crippen LogP contribution < -0.4 is 0 Å². The van der Waals surface area contributed by atoms with E-state index in [1.807, 2.05) is 48.6 Å². The molecule has 0 aliphatic rings. The average molecular weight is 453 g/mol. The van der Waals surface area contributed by atoms with Crippen molar-refractivity contribution in [3.8, 4) is 0 Å². The maximum atomic E-state index is 13.1. The average Bonchev–Trinajstić information content (AvgIpc) is 2.82. The van der Waals surface area contributed by atoms with E-state index in [0.29, 0.717) is 5.56 Å². The molecular weight excluding hydrogens is 420 g/mol. The molecular formula is C27H32O6. The number of allylic oxidation sites excluding steroid dienone is 1. The van der Waals surface area contributed by atoms with Gasteiger partial charge in [0, 0.05) is 5.92 Å². The van der Waals surface area contributed by atoms with Gasteiger partial charge >= 0.3 is 17.9 Å². The molecule has 0 spiro atoms. The highest BCUT2D eigenvalue weighted by Gasteiger charge is 2.45.